The normalized spacial score (nSPS) is 19.2. The van der Waals surface area contributed by atoms with Crippen LogP contribution in [-0.2, 0) is 9.59 Å². The van der Waals surface area contributed by atoms with Crippen molar-refractivity contribution in [2.75, 3.05) is 19.6 Å². The van der Waals surface area contributed by atoms with Gasteiger partial charge in [0, 0.05) is 18.0 Å². The van der Waals surface area contributed by atoms with E-state index < -0.39 is 5.97 Å². The van der Waals surface area contributed by atoms with Crippen LogP contribution >= 0.6 is 0 Å². The van der Waals surface area contributed by atoms with E-state index in [0.717, 1.165) is 25.9 Å². The largest absolute Gasteiger partial charge is 0.478 e. The fourth-order valence-corrected chi connectivity index (χ4v) is 2.02. The van der Waals surface area contributed by atoms with Crippen molar-refractivity contribution in [1.82, 2.24) is 4.90 Å². The zero-order chi connectivity index (χ0) is 12.8. The van der Waals surface area contributed by atoms with Crippen LogP contribution in [-0.4, -0.2) is 41.5 Å². The van der Waals surface area contributed by atoms with Crippen LogP contribution in [0.25, 0.3) is 0 Å². The highest BCUT2D eigenvalue weighted by atomic mass is 16.4. The van der Waals surface area contributed by atoms with E-state index in [1.165, 1.54) is 0 Å². The molecule has 0 unspecified atom stereocenters. The summed E-state index contributed by atoms with van der Waals surface area (Å²) in [5, 5.41) is 8.87. The van der Waals surface area contributed by atoms with Gasteiger partial charge in [0.05, 0.1) is 0 Å². The SMILES string of the molecule is CCC(=CCN1CCC(C(N)=O)CC1)C(=O)O. The van der Waals surface area contributed by atoms with E-state index in [9.17, 15) is 9.59 Å². The van der Waals surface area contributed by atoms with Crippen molar-refractivity contribution in [1.29, 1.82) is 0 Å². The molecular weight excluding hydrogens is 220 g/mol. The first-order valence-electron chi connectivity index (χ1n) is 5.98. The molecule has 1 heterocycles. The number of likely N-dealkylation sites (tertiary alicyclic amines) is 1. The number of piperidine rings is 1. The van der Waals surface area contributed by atoms with Gasteiger partial charge in [-0.1, -0.05) is 13.0 Å². The van der Waals surface area contributed by atoms with E-state index in [1.807, 2.05) is 6.92 Å². The standard InChI is InChI=1S/C12H20N2O3/c1-2-9(12(16)17)3-6-14-7-4-10(5-8-14)11(13)15/h3,10H,2,4-8H2,1H3,(H2,13,15)(H,16,17). The smallest absolute Gasteiger partial charge is 0.331 e. The summed E-state index contributed by atoms with van der Waals surface area (Å²) in [6, 6.07) is 0. The van der Waals surface area contributed by atoms with Crippen molar-refractivity contribution in [3.8, 4) is 0 Å². The summed E-state index contributed by atoms with van der Waals surface area (Å²) >= 11 is 0. The number of aliphatic carboxylic acids is 1. The molecule has 0 aromatic rings. The van der Waals surface area contributed by atoms with Gasteiger partial charge in [-0.15, -0.1) is 0 Å². The quantitative estimate of drug-likeness (QED) is 0.689. The molecule has 1 rings (SSSR count). The molecule has 0 aromatic heterocycles. The van der Waals surface area contributed by atoms with E-state index >= 15 is 0 Å². The minimum absolute atomic E-state index is 0.0136. The Balaban J connectivity index is 2.40. The van der Waals surface area contributed by atoms with Gasteiger partial charge in [-0.3, -0.25) is 9.69 Å². The molecular formula is C12H20N2O3. The minimum Gasteiger partial charge on any atom is -0.478 e. The first-order chi connectivity index (χ1) is 8.04. The minimum atomic E-state index is -0.848. The second-order valence-corrected chi connectivity index (χ2v) is 4.37. The zero-order valence-corrected chi connectivity index (χ0v) is 10.2. The Bertz CT molecular complexity index is 318. The third-order valence-electron chi connectivity index (χ3n) is 3.24. The van der Waals surface area contributed by atoms with Gasteiger partial charge in [0.25, 0.3) is 0 Å². The lowest BCUT2D eigenvalue weighted by Crippen LogP contribution is -2.38. The second kappa shape index (κ2) is 6.39. The van der Waals surface area contributed by atoms with E-state index in [1.54, 1.807) is 6.08 Å². The van der Waals surface area contributed by atoms with Crippen LogP contribution in [0.1, 0.15) is 26.2 Å². The molecule has 0 bridgehead atoms. The third-order valence-corrected chi connectivity index (χ3v) is 3.24. The van der Waals surface area contributed by atoms with E-state index in [4.69, 9.17) is 10.8 Å². The Hall–Kier alpha value is -1.36. The van der Waals surface area contributed by atoms with Gasteiger partial charge in [-0.05, 0) is 32.4 Å². The molecule has 1 aliphatic rings. The van der Waals surface area contributed by atoms with Crippen LogP contribution in [0, 0.1) is 5.92 Å². The maximum Gasteiger partial charge on any atom is 0.331 e. The molecule has 0 radical (unpaired) electrons. The molecule has 0 saturated carbocycles. The topological polar surface area (TPSA) is 83.6 Å². The molecule has 17 heavy (non-hydrogen) atoms. The number of hydrogen-bond donors (Lipinski definition) is 2. The summed E-state index contributed by atoms with van der Waals surface area (Å²) in [5.41, 5.74) is 5.70. The molecule has 1 saturated heterocycles. The molecule has 96 valence electrons. The fraction of sp³-hybridized carbons (Fsp3) is 0.667. The molecule has 1 amide bonds. The van der Waals surface area contributed by atoms with Crippen molar-refractivity contribution in [3.05, 3.63) is 11.6 Å². The average Bonchev–Trinajstić information content (AvgIpc) is 2.30. The average molecular weight is 240 g/mol. The Kier molecular flexibility index (Phi) is 5.15. The number of amides is 1. The van der Waals surface area contributed by atoms with Gasteiger partial charge in [-0.2, -0.15) is 0 Å². The van der Waals surface area contributed by atoms with Gasteiger partial charge in [0.2, 0.25) is 5.91 Å². The summed E-state index contributed by atoms with van der Waals surface area (Å²) in [6.45, 7) is 4.08. The van der Waals surface area contributed by atoms with Crippen molar-refractivity contribution in [2.45, 2.75) is 26.2 Å². The number of nitrogens with two attached hydrogens (primary N) is 1. The molecule has 0 atom stereocenters. The first kappa shape index (κ1) is 13.7. The number of carbonyl (C=O) groups excluding carboxylic acids is 1. The van der Waals surface area contributed by atoms with Crippen LogP contribution in [0.2, 0.25) is 0 Å². The van der Waals surface area contributed by atoms with Crippen LogP contribution in [0.4, 0.5) is 0 Å². The van der Waals surface area contributed by atoms with Gasteiger partial charge in [0.15, 0.2) is 0 Å². The number of hydrogen-bond acceptors (Lipinski definition) is 3. The Morgan fingerprint density at radius 2 is 2.00 bits per heavy atom. The summed E-state index contributed by atoms with van der Waals surface area (Å²) in [7, 11) is 0. The van der Waals surface area contributed by atoms with E-state index in [0.29, 0.717) is 18.5 Å². The Morgan fingerprint density at radius 3 is 2.41 bits per heavy atom. The zero-order valence-electron chi connectivity index (χ0n) is 10.2. The van der Waals surface area contributed by atoms with Gasteiger partial charge >= 0.3 is 5.97 Å². The first-order valence-corrected chi connectivity index (χ1v) is 5.98. The molecule has 5 nitrogen and oxygen atoms in total. The Labute approximate surface area is 101 Å². The molecule has 0 spiro atoms. The fourth-order valence-electron chi connectivity index (χ4n) is 2.02. The molecule has 0 aromatic carbocycles. The number of primary amides is 1. The third kappa shape index (κ3) is 4.19. The van der Waals surface area contributed by atoms with Gasteiger partial charge in [0.1, 0.15) is 0 Å². The van der Waals surface area contributed by atoms with E-state index in [-0.39, 0.29) is 11.8 Å². The van der Waals surface area contributed by atoms with Crippen molar-refractivity contribution < 1.29 is 14.7 Å². The predicted molar refractivity (Wildman–Crippen MR) is 64.4 cm³/mol. The maximum absolute atomic E-state index is 11.0. The molecule has 0 aliphatic carbocycles. The van der Waals surface area contributed by atoms with Crippen molar-refractivity contribution in [2.24, 2.45) is 11.7 Å². The number of carbonyl (C=O) groups is 2. The number of nitrogens with zero attached hydrogens (tertiary/aromatic N) is 1. The van der Waals surface area contributed by atoms with E-state index in [2.05, 4.69) is 4.90 Å². The van der Waals surface area contributed by atoms with Crippen molar-refractivity contribution in [3.63, 3.8) is 0 Å². The molecule has 1 aliphatic heterocycles. The van der Waals surface area contributed by atoms with Gasteiger partial charge in [-0.25, -0.2) is 4.79 Å². The summed E-state index contributed by atoms with van der Waals surface area (Å²) in [4.78, 5) is 23.9. The summed E-state index contributed by atoms with van der Waals surface area (Å²) in [5.74, 6) is -1.08. The highest BCUT2D eigenvalue weighted by molar-refractivity contribution is 5.86. The predicted octanol–water partition coefficient (Wildman–Crippen LogP) is 0.605. The van der Waals surface area contributed by atoms with Crippen molar-refractivity contribution >= 4 is 11.9 Å². The highest BCUT2D eigenvalue weighted by Gasteiger charge is 2.22. The molecule has 1 fully saturated rings. The summed E-state index contributed by atoms with van der Waals surface area (Å²) < 4.78 is 0. The molecule has 5 heteroatoms. The number of carboxylic acids is 1. The Morgan fingerprint density at radius 1 is 1.41 bits per heavy atom. The summed E-state index contributed by atoms with van der Waals surface area (Å²) in [6.07, 6.45) is 3.84. The maximum atomic E-state index is 11.0. The monoisotopic (exact) mass is 240 g/mol. The van der Waals surface area contributed by atoms with Crippen LogP contribution in [0.15, 0.2) is 11.6 Å². The number of carboxylic acid groups (broad SMARTS) is 1. The highest BCUT2D eigenvalue weighted by Crippen LogP contribution is 2.16. The second-order valence-electron chi connectivity index (χ2n) is 4.37. The lowest BCUT2D eigenvalue weighted by atomic mass is 9.96. The number of rotatable bonds is 5. The molecule has 3 N–H and O–H groups in total. The van der Waals surface area contributed by atoms with Crippen LogP contribution < -0.4 is 5.73 Å². The lowest BCUT2D eigenvalue weighted by molar-refractivity contribution is -0.132. The van der Waals surface area contributed by atoms with Crippen LogP contribution in [0.5, 0.6) is 0 Å². The lowest BCUT2D eigenvalue weighted by Gasteiger charge is -2.29. The van der Waals surface area contributed by atoms with Crippen LogP contribution in [0.3, 0.4) is 0 Å². The van der Waals surface area contributed by atoms with Gasteiger partial charge < -0.3 is 10.8 Å².